The van der Waals surface area contributed by atoms with Crippen molar-refractivity contribution < 1.29 is 14.3 Å². The van der Waals surface area contributed by atoms with Gasteiger partial charge in [0.15, 0.2) is 5.11 Å². The minimum absolute atomic E-state index is 0.0155. The molecule has 2 amide bonds. The van der Waals surface area contributed by atoms with Crippen LogP contribution in [0.2, 0.25) is 0 Å². The van der Waals surface area contributed by atoms with Gasteiger partial charge in [0.25, 0.3) is 5.91 Å². The number of nitrogens with zero attached hydrogens (tertiary/aromatic N) is 2. The van der Waals surface area contributed by atoms with Gasteiger partial charge < -0.3 is 15.0 Å². The van der Waals surface area contributed by atoms with Crippen LogP contribution in [0, 0.1) is 0 Å². The van der Waals surface area contributed by atoms with Crippen LogP contribution in [0.15, 0.2) is 72.1 Å². The number of methoxy groups -OCH3 is 1. The number of amides is 2. The Hall–Kier alpha value is -3.23. The highest BCUT2D eigenvalue weighted by Crippen LogP contribution is 2.27. The maximum Gasteiger partial charge on any atom is 0.252 e. The average Bonchev–Trinajstić information content (AvgIpc) is 3.39. The Bertz CT molecular complexity index is 1090. The fraction of sp³-hybridized carbons (Fsp3) is 0.208. The third-order valence-electron chi connectivity index (χ3n) is 5.25. The minimum atomic E-state index is -0.647. The molecule has 0 spiro atoms. The highest BCUT2D eigenvalue weighted by Gasteiger charge is 2.43. The molecule has 4 rings (SSSR count). The van der Waals surface area contributed by atoms with Gasteiger partial charge in [-0.05, 0) is 53.5 Å². The number of nitrogens with one attached hydrogen (secondary N) is 1. The zero-order chi connectivity index (χ0) is 22.5. The van der Waals surface area contributed by atoms with Gasteiger partial charge in [-0.15, -0.1) is 11.3 Å². The molecule has 6 nitrogen and oxygen atoms in total. The predicted molar refractivity (Wildman–Crippen MR) is 129 cm³/mol. The zero-order valence-electron chi connectivity index (χ0n) is 17.6. The summed E-state index contributed by atoms with van der Waals surface area (Å²) < 4.78 is 5.15. The molecule has 0 saturated carbocycles. The van der Waals surface area contributed by atoms with E-state index in [1.54, 1.807) is 47.6 Å². The lowest BCUT2D eigenvalue weighted by Crippen LogP contribution is -2.37. The quantitative estimate of drug-likeness (QED) is 0.503. The van der Waals surface area contributed by atoms with E-state index in [1.165, 1.54) is 0 Å². The summed E-state index contributed by atoms with van der Waals surface area (Å²) in [5.41, 5.74) is 1.64. The molecule has 0 aliphatic carbocycles. The van der Waals surface area contributed by atoms with Gasteiger partial charge in [0.2, 0.25) is 5.91 Å². The predicted octanol–water partition coefficient (Wildman–Crippen LogP) is 4.28. The Morgan fingerprint density at radius 2 is 1.81 bits per heavy atom. The highest BCUT2D eigenvalue weighted by atomic mass is 32.1. The fourth-order valence-corrected chi connectivity index (χ4v) is 4.66. The van der Waals surface area contributed by atoms with Crippen LogP contribution >= 0.6 is 23.6 Å². The van der Waals surface area contributed by atoms with Crippen LogP contribution in [0.25, 0.3) is 0 Å². The molecule has 1 saturated heterocycles. The summed E-state index contributed by atoms with van der Waals surface area (Å²) in [7, 11) is 1.59. The lowest BCUT2D eigenvalue weighted by atomic mass is 10.1. The molecule has 8 heteroatoms. The summed E-state index contributed by atoms with van der Waals surface area (Å²) in [6, 6.07) is 20.1. The number of rotatable bonds is 8. The van der Waals surface area contributed by atoms with Crippen molar-refractivity contribution in [3.05, 3.63) is 82.6 Å². The molecule has 1 aromatic heterocycles. The van der Waals surface area contributed by atoms with E-state index in [-0.39, 0.29) is 18.2 Å². The first-order valence-electron chi connectivity index (χ1n) is 10.2. The van der Waals surface area contributed by atoms with Gasteiger partial charge in [-0.2, -0.15) is 0 Å². The normalized spacial score (nSPS) is 15.8. The number of thiophene rings is 1. The first-order chi connectivity index (χ1) is 15.5. The van der Waals surface area contributed by atoms with Gasteiger partial charge in [0, 0.05) is 10.6 Å². The number of anilines is 1. The van der Waals surface area contributed by atoms with E-state index in [0.29, 0.717) is 29.6 Å². The highest BCUT2D eigenvalue weighted by molar-refractivity contribution is 7.80. The van der Waals surface area contributed by atoms with Gasteiger partial charge in [0.1, 0.15) is 11.8 Å². The molecule has 1 aliphatic heterocycles. The second-order valence-corrected chi connectivity index (χ2v) is 8.79. The first kappa shape index (κ1) is 22.0. The van der Waals surface area contributed by atoms with Crippen LogP contribution in [-0.4, -0.2) is 39.9 Å². The molecular formula is C24H23N3O3S2. The van der Waals surface area contributed by atoms with Gasteiger partial charge in [-0.3, -0.25) is 14.5 Å². The smallest absolute Gasteiger partial charge is 0.252 e. The van der Waals surface area contributed by atoms with Crippen molar-refractivity contribution in [3.63, 3.8) is 0 Å². The molecule has 0 bridgehead atoms. The van der Waals surface area contributed by atoms with Crippen LogP contribution in [0.4, 0.5) is 5.69 Å². The van der Waals surface area contributed by atoms with Crippen LogP contribution in [0.3, 0.4) is 0 Å². The van der Waals surface area contributed by atoms with Crippen molar-refractivity contribution in [1.29, 1.82) is 0 Å². The monoisotopic (exact) mass is 465 g/mol. The van der Waals surface area contributed by atoms with Crippen LogP contribution in [0.1, 0.15) is 16.9 Å². The van der Waals surface area contributed by atoms with Crippen molar-refractivity contribution in [2.45, 2.75) is 25.6 Å². The Morgan fingerprint density at radius 1 is 1.06 bits per heavy atom. The summed E-state index contributed by atoms with van der Waals surface area (Å²) in [6.07, 6.45) is 0.0155. The second-order valence-electron chi connectivity index (χ2n) is 7.40. The van der Waals surface area contributed by atoms with Crippen molar-refractivity contribution in [3.8, 4) is 5.75 Å². The molecule has 3 aromatic rings. The van der Waals surface area contributed by atoms with Crippen molar-refractivity contribution >= 4 is 46.2 Å². The SMILES string of the molecule is COc1ccc(NC(=O)CC2C(=O)N(Cc3ccccc3)C(=S)N2Cc2cccs2)cc1. The Balaban J connectivity index is 1.51. The van der Waals surface area contributed by atoms with Crippen LogP contribution < -0.4 is 10.1 Å². The fourth-order valence-electron chi connectivity index (χ4n) is 3.62. The summed E-state index contributed by atoms with van der Waals surface area (Å²) in [6.45, 7) is 0.879. The molecular weight excluding hydrogens is 442 g/mol. The third-order valence-corrected chi connectivity index (χ3v) is 6.56. The van der Waals surface area contributed by atoms with E-state index in [0.717, 1.165) is 10.4 Å². The summed E-state index contributed by atoms with van der Waals surface area (Å²) >= 11 is 7.29. The van der Waals surface area contributed by atoms with Crippen molar-refractivity contribution in [2.24, 2.45) is 0 Å². The molecule has 1 fully saturated rings. The number of thiocarbonyl (C=S) groups is 1. The van der Waals surface area contributed by atoms with Gasteiger partial charge in [-0.25, -0.2) is 0 Å². The van der Waals surface area contributed by atoms with E-state index < -0.39 is 6.04 Å². The van der Waals surface area contributed by atoms with E-state index in [4.69, 9.17) is 17.0 Å². The zero-order valence-corrected chi connectivity index (χ0v) is 19.2. The Kier molecular flexibility index (Phi) is 6.82. The van der Waals surface area contributed by atoms with E-state index in [2.05, 4.69) is 5.32 Å². The molecule has 2 heterocycles. The molecule has 2 aromatic carbocycles. The second kappa shape index (κ2) is 9.93. The number of hydrogen-bond donors (Lipinski definition) is 1. The van der Waals surface area contributed by atoms with Gasteiger partial charge in [-0.1, -0.05) is 36.4 Å². The lowest BCUT2D eigenvalue weighted by molar-refractivity contribution is -0.131. The molecule has 0 radical (unpaired) electrons. The minimum Gasteiger partial charge on any atom is -0.497 e. The maximum absolute atomic E-state index is 13.3. The van der Waals surface area contributed by atoms with Gasteiger partial charge in [0.05, 0.1) is 26.6 Å². The number of hydrogen-bond acceptors (Lipinski definition) is 5. The van der Waals surface area contributed by atoms with Crippen molar-refractivity contribution in [2.75, 3.05) is 12.4 Å². The number of benzene rings is 2. The van der Waals surface area contributed by atoms with E-state index >= 15 is 0 Å². The van der Waals surface area contributed by atoms with E-state index in [1.807, 2.05) is 52.7 Å². The average molecular weight is 466 g/mol. The standard InChI is InChI=1S/C24H23N3O3S2/c1-30-19-11-9-18(10-12-19)25-22(28)14-21-23(29)27(15-17-6-3-2-4-7-17)24(31)26(21)16-20-8-5-13-32-20/h2-13,21H,14-16H2,1H3,(H,25,28). The summed E-state index contributed by atoms with van der Waals surface area (Å²) in [4.78, 5) is 30.7. The third kappa shape index (κ3) is 4.98. The van der Waals surface area contributed by atoms with Crippen LogP contribution in [0.5, 0.6) is 5.75 Å². The van der Waals surface area contributed by atoms with E-state index in [9.17, 15) is 9.59 Å². The Labute approximate surface area is 196 Å². The Morgan fingerprint density at radius 3 is 2.47 bits per heavy atom. The molecule has 1 N–H and O–H groups in total. The van der Waals surface area contributed by atoms with Crippen LogP contribution in [-0.2, 0) is 22.7 Å². The van der Waals surface area contributed by atoms with Gasteiger partial charge >= 0.3 is 0 Å². The number of carbonyl (C=O) groups is 2. The molecule has 32 heavy (non-hydrogen) atoms. The summed E-state index contributed by atoms with van der Waals surface area (Å²) in [5.74, 6) is 0.312. The largest absolute Gasteiger partial charge is 0.497 e. The van der Waals surface area contributed by atoms with Crippen molar-refractivity contribution in [1.82, 2.24) is 9.80 Å². The number of ether oxygens (including phenoxy) is 1. The molecule has 1 aliphatic rings. The number of carbonyl (C=O) groups excluding carboxylic acids is 2. The molecule has 1 unspecified atom stereocenters. The maximum atomic E-state index is 13.3. The lowest BCUT2D eigenvalue weighted by Gasteiger charge is -2.23. The molecule has 164 valence electrons. The topological polar surface area (TPSA) is 61.9 Å². The molecule has 1 atom stereocenters. The summed E-state index contributed by atoms with van der Waals surface area (Å²) in [5, 5.41) is 5.31. The first-order valence-corrected chi connectivity index (χ1v) is 11.5.